The average Bonchev–Trinajstić information content (AvgIpc) is 1.34. The topological polar surface area (TPSA) is 320 Å². The maximum Gasteiger partial charge on any atom is 0.409 e. The highest BCUT2D eigenvalue weighted by molar-refractivity contribution is 6.13. The van der Waals surface area contributed by atoms with Crippen LogP contribution in [0.1, 0.15) is 101 Å². The number of carboxylic acid groups (broad SMARTS) is 1. The van der Waals surface area contributed by atoms with Crippen molar-refractivity contribution in [2.75, 3.05) is 52.2 Å². The molecular formula is C61H73N7O16. The molecule has 7 fully saturated rings. The highest BCUT2D eigenvalue weighted by atomic mass is 16.7. The van der Waals surface area contributed by atoms with E-state index < -0.39 is 114 Å². The third kappa shape index (κ3) is 11.4. The lowest BCUT2D eigenvalue weighted by molar-refractivity contribution is -0.201. The first kappa shape index (κ1) is 59.6. The minimum Gasteiger partial charge on any atom is -0.481 e. The summed E-state index contributed by atoms with van der Waals surface area (Å²) in [4.78, 5) is 132. The predicted octanol–water partition coefficient (Wildman–Crippen LogP) is 3.78. The number of nitrogens with zero attached hydrogens (tertiary/aromatic N) is 3. The molecule has 7 N–H and O–H groups in total. The summed E-state index contributed by atoms with van der Waals surface area (Å²) in [6.45, 7) is 2.48. The first-order valence-corrected chi connectivity index (χ1v) is 28.7. The number of anilines is 1. The highest BCUT2D eigenvalue weighted by Gasteiger charge is 2.76. The molecule has 2 heterocycles. The summed E-state index contributed by atoms with van der Waals surface area (Å²) in [7, 11) is 3.07. The molecule has 11 rings (SSSR count). The number of carbonyl (C=O) groups excluding carboxylic acids is 9. The van der Waals surface area contributed by atoms with E-state index in [0.29, 0.717) is 24.8 Å². The van der Waals surface area contributed by atoms with Gasteiger partial charge in [-0.1, -0.05) is 61.9 Å². The molecule has 0 radical (unpaired) electrons. The lowest BCUT2D eigenvalue weighted by Gasteiger charge is -2.69. The lowest BCUT2D eigenvalue weighted by atomic mass is 9.38. The van der Waals surface area contributed by atoms with Gasteiger partial charge in [-0.25, -0.2) is 9.59 Å². The molecule has 1 saturated heterocycles. The molecule has 7 aliphatic carbocycles. The molecule has 0 unspecified atom stereocenters. The maximum absolute atomic E-state index is 14.5. The highest BCUT2D eigenvalue weighted by Crippen LogP contribution is 2.71. The second kappa shape index (κ2) is 23.1. The summed E-state index contributed by atoms with van der Waals surface area (Å²) in [6.07, 6.45) is 8.68. The van der Waals surface area contributed by atoms with Crippen LogP contribution in [0, 0.1) is 34.0 Å². The Bertz CT molecular complexity index is 3090. The van der Waals surface area contributed by atoms with Crippen molar-refractivity contribution in [3.63, 3.8) is 0 Å². The van der Waals surface area contributed by atoms with Crippen molar-refractivity contribution < 1.29 is 77.1 Å². The van der Waals surface area contributed by atoms with E-state index in [1.54, 1.807) is 31.3 Å². The van der Waals surface area contributed by atoms with Crippen LogP contribution in [0.5, 0.6) is 0 Å². The second-order valence-corrected chi connectivity index (χ2v) is 24.8. The summed E-state index contributed by atoms with van der Waals surface area (Å²) in [5, 5.41) is 27.4. The third-order valence-electron chi connectivity index (χ3n) is 19.2. The minimum atomic E-state index is -1.56. The zero-order chi connectivity index (χ0) is 60.1. The number of nitrogens with one attached hydrogen (secondary N) is 3. The Balaban J connectivity index is 0.733. The number of allylic oxidation sites excluding steroid dienone is 4. The van der Waals surface area contributed by atoms with Crippen molar-refractivity contribution in [3.05, 3.63) is 101 Å². The number of carboxylic acids is 1. The Labute approximate surface area is 485 Å². The van der Waals surface area contributed by atoms with Gasteiger partial charge in [0.25, 0.3) is 11.8 Å². The van der Waals surface area contributed by atoms with Crippen molar-refractivity contribution in [3.8, 4) is 0 Å². The number of carbonyl (C=O) groups is 10. The number of hydrogen-bond acceptors (Lipinski definition) is 16. The number of ketones is 2. The van der Waals surface area contributed by atoms with Crippen LogP contribution >= 0.6 is 0 Å². The van der Waals surface area contributed by atoms with Gasteiger partial charge in [0.15, 0.2) is 23.5 Å². The number of aliphatic hydroxyl groups is 1. The van der Waals surface area contributed by atoms with Gasteiger partial charge in [0.05, 0.1) is 12.6 Å². The average molecular weight is 1160 g/mol. The molecule has 6 saturated carbocycles. The largest absolute Gasteiger partial charge is 0.481 e. The lowest BCUT2D eigenvalue weighted by Crippen LogP contribution is -2.72. The first-order chi connectivity index (χ1) is 39.9. The molecule has 84 heavy (non-hydrogen) atoms. The van der Waals surface area contributed by atoms with E-state index in [4.69, 9.17) is 24.7 Å². The monoisotopic (exact) mass is 1160 g/mol. The van der Waals surface area contributed by atoms with Crippen molar-refractivity contribution in [2.24, 2.45) is 39.7 Å². The molecular weight excluding hydrogens is 1090 g/mol. The smallest absolute Gasteiger partial charge is 0.409 e. The quantitative estimate of drug-likeness (QED) is 0.0914. The summed E-state index contributed by atoms with van der Waals surface area (Å²) in [6, 6.07) is 13.0. The van der Waals surface area contributed by atoms with Gasteiger partial charge < -0.3 is 60.6 Å². The number of aliphatic hydroxyl groups excluding tert-OH is 1. The van der Waals surface area contributed by atoms with Crippen molar-refractivity contribution in [1.82, 2.24) is 25.3 Å². The van der Waals surface area contributed by atoms with Gasteiger partial charge in [-0.05, 0) is 110 Å². The Hall–Kier alpha value is -7.60. The summed E-state index contributed by atoms with van der Waals surface area (Å²) < 4.78 is 25.8. The van der Waals surface area contributed by atoms with E-state index in [9.17, 15) is 58.2 Å². The zero-order valence-corrected chi connectivity index (χ0v) is 47.6. The van der Waals surface area contributed by atoms with Crippen LogP contribution in [0.3, 0.4) is 0 Å². The fraction of sp³-hybridized carbons (Fsp3) is 0.541. The zero-order valence-electron chi connectivity index (χ0n) is 47.6. The van der Waals surface area contributed by atoms with Crippen LogP contribution in [-0.2, 0) is 70.3 Å². The summed E-state index contributed by atoms with van der Waals surface area (Å²) in [5.41, 5.74) is 7.20. The van der Waals surface area contributed by atoms with E-state index in [1.807, 2.05) is 25.1 Å². The summed E-state index contributed by atoms with van der Waals surface area (Å²) in [5.74, 6) is -5.61. The van der Waals surface area contributed by atoms with Gasteiger partial charge >= 0.3 is 18.2 Å². The number of Topliss-reactive ketones (excluding diaryl/α,β-unsaturated/α-hetero) is 1. The van der Waals surface area contributed by atoms with Gasteiger partial charge in [0, 0.05) is 92.3 Å². The van der Waals surface area contributed by atoms with Crippen LogP contribution < -0.4 is 21.7 Å². The molecule has 448 valence electrons. The van der Waals surface area contributed by atoms with E-state index in [-0.39, 0.29) is 85.7 Å². The third-order valence-corrected chi connectivity index (χ3v) is 19.2. The van der Waals surface area contributed by atoms with Crippen LogP contribution in [0.25, 0.3) is 0 Å². The number of rotatable bonds is 22. The maximum atomic E-state index is 14.5. The Morgan fingerprint density at radius 3 is 2.19 bits per heavy atom. The number of amides is 7. The number of fused-ring (bicyclic) bond motifs is 7. The van der Waals surface area contributed by atoms with Gasteiger partial charge in [0.2, 0.25) is 17.7 Å². The number of hydrogen-bond donors (Lipinski definition) is 6. The van der Waals surface area contributed by atoms with Crippen molar-refractivity contribution in [1.29, 1.82) is 0 Å². The van der Waals surface area contributed by atoms with Crippen LogP contribution in [-0.4, -0.2) is 160 Å². The molecule has 23 heteroatoms. The van der Waals surface area contributed by atoms with Gasteiger partial charge in [0.1, 0.15) is 25.4 Å². The van der Waals surface area contributed by atoms with E-state index in [1.165, 1.54) is 34.5 Å². The Morgan fingerprint density at radius 1 is 0.869 bits per heavy atom. The number of imide groups is 1. The number of likely N-dealkylation sites (N-methyl/N-ethyl adjacent to an activating group) is 2. The molecule has 23 nitrogen and oxygen atoms in total. The molecule has 2 aromatic rings. The van der Waals surface area contributed by atoms with E-state index in [2.05, 4.69) is 35.0 Å². The molecule has 2 bridgehead atoms. The van der Waals surface area contributed by atoms with Crippen LogP contribution in [0.15, 0.2) is 84.5 Å². The van der Waals surface area contributed by atoms with E-state index >= 15 is 0 Å². The van der Waals surface area contributed by atoms with E-state index in [0.717, 1.165) is 53.9 Å². The summed E-state index contributed by atoms with van der Waals surface area (Å²) >= 11 is 0. The molecule has 0 aromatic heterocycles. The van der Waals surface area contributed by atoms with Gasteiger partial charge in [-0.2, -0.15) is 0 Å². The van der Waals surface area contributed by atoms with Crippen molar-refractivity contribution >= 4 is 64.9 Å². The normalized spacial score (nSPS) is 31.4. The van der Waals surface area contributed by atoms with Gasteiger partial charge in [-0.3, -0.25) is 43.3 Å². The molecule has 2 aromatic carbocycles. The molecule has 0 spiro atoms. The van der Waals surface area contributed by atoms with Crippen molar-refractivity contribution in [2.45, 2.75) is 127 Å². The Kier molecular flexibility index (Phi) is 16.4. The first-order valence-electron chi connectivity index (χ1n) is 28.7. The van der Waals surface area contributed by atoms with Crippen LogP contribution in [0.4, 0.5) is 15.3 Å². The number of aliphatic carboxylic acids is 1. The number of nitrogens with two attached hydrogens (primary N) is 1. The fourth-order valence-electron chi connectivity index (χ4n) is 15.2. The molecule has 9 aliphatic rings. The molecule has 7 amide bonds. The molecule has 10 atom stereocenters. The Morgan fingerprint density at radius 2 is 1.54 bits per heavy atom. The standard InChI is InChI=1S/C61H73N7O16/c1-57-21-19-40(70)25-38(57)11-14-41-42-26-46-61(45(71)30-69,84-54(83-46)37-9-5-35(6-10-37)27-59-32-60(62,33-59)34-59)58(42,2)28-44(52(41)57)82-56(80)67(4)24-23-66(3)55(79)81-31-36-7-12-39(13-8-36)64-53(78)43(15-18-51(76)77)65-48(73)29-63-47(72)20-22-68-49(74)16-17-50(68)75/h5-10,12-13,16-17,19,21,25,41-44,46,52,54,69H,11,14-15,18,20,22-24,26-34,62H2,1-4H3,(H,63,72)(H,64,78)(H,65,73)(H,76,77)/t41-,42-,43-,44-,46+,52+,54+,57-,58-,59?,60?,61+/m0/s1. The SMILES string of the molecule is CN(CCN(C)C(=O)O[C@H]1C[C@@]2(C)[C@@H](C[C@H]3O[C@@H](c4ccc(CC56CC(N)(C5)C6)cc4)O[C@]32C(=O)CO)[C@@H]2CCC3=CC(=O)C=C[C@]3(C)[C@H]21)C(=O)OCc1ccc(NC(=O)[C@H](CCC(=O)O)NC(=O)CNC(=O)CCN2C(=O)C=CC2=O)cc1. The minimum absolute atomic E-state index is 0.00981. The van der Waals surface area contributed by atoms with Crippen LogP contribution in [0.2, 0.25) is 0 Å². The number of ether oxygens (including phenoxy) is 4. The molecule has 2 aliphatic heterocycles. The predicted molar refractivity (Wildman–Crippen MR) is 297 cm³/mol. The second-order valence-electron chi connectivity index (χ2n) is 24.8. The number of benzene rings is 2. The van der Waals surface area contributed by atoms with Gasteiger partial charge in [-0.15, -0.1) is 0 Å². The fourth-order valence-corrected chi connectivity index (χ4v) is 15.2.